The molecule has 0 atom stereocenters. The van der Waals surface area contributed by atoms with Crippen molar-refractivity contribution in [3.05, 3.63) is 34.9 Å². The Morgan fingerprint density at radius 3 is 2.05 bits per heavy atom. The van der Waals surface area contributed by atoms with Crippen molar-refractivity contribution in [3.8, 4) is 0 Å². The number of hydrogen-bond acceptors (Lipinski definition) is 3. The summed E-state index contributed by atoms with van der Waals surface area (Å²) in [5.41, 5.74) is -0.273. The van der Waals surface area contributed by atoms with Gasteiger partial charge in [0.1, 0.15) is 0 Å². The van der Waals surface area contributed by atoms with Crippen LogP contribution in [0.5, 0.6) is 0 Å². The fourth-order valence-corrected chi connectivity index (χ4v) is 2.15. The zero-order valence-corrected chi connectivity index (χ0v) is 11.9. The number of rotatable bonds is 7. The van der Waals surface area contributed by atoms with Crippen molar-refractivity contribution < 1.29 is 29.7 Å². The molecule has 0 radical (unpaired) electrons. The van der Waals surface area contributed by atoms with E-state index in [9.17, 15) is 14.4 Å². The molecule has 6 heteroatoms. The summed E-state index contributed by atoms with van der Waals surface area (Å²) in [6, 6.07) is 4.21. The van der Waals surface area contributed by atoms with Crippen LogP contribution in [0.3, 0.4) is 0 Å². The van der Waals surface area contributed by atoms with Gasteiger partial charge < -0.3 is 15.3 Å². The normalized spacial score (nSPS) is 11.1. The Bertz CT molecular complexity index is 574. The Labute approximate surface area is 122 Å². The number of aromatic carboxylic acids is 2. The van der Waals surface area contributed by atoms with E-state index in [0.29, 0.717) is 18.4 Å². The minimum atomic E-state index is -1.30. The molecule has 6 nitrogen and oxygen atoms in total. The third-order valence-corrected chi connectivity index (χ3v) is 3.45. The maximum Gasteiger partial charge on any atom is 0.336 e. The molecule has 0 aromatic heterocycles. The minimum absolute atomic E-state index is 0.0441. The van der Waals surface area contributed by atoms with Crippen LogP contribution >= 0.6 is 0 Å². The minimum Gasteiger partial charge on any atom is -0.481 e. The lowest BCUT2D eigenvalue weighted by Crippen LogP contribution is -2.19. The van der Waals surface area contributed by atoms with Crippen molar-refractivity contribution in [2.75, 3.05) is 0 Å². The predicted molar refractivity (Wildman–Crippen MR) is 74.9 cm³/mol. The highest BCUT2D eigenvalue weighted by Gasteiger charge is 2.24. The standard InChI is InChI=1S/C15H18O6/c1-15(2,7-3-4-12(16)17)9-5-6-10(13(18)19)11(8-9)14(20)21/h5-6,8H,3-4,7H2,1-2H3,(H,16,17)(H,18,19)(H,20,21). The topological polar surface area (TPSA) is 112 Å². The first-order valence-electron chi connectivity index (χ1n) is 6.48. The highest BCUT2D eigenvalue weighted by Crippen LogP contribution is 2.30. The molecule has 0 aliphatic heterocycles. The second kappa shape index (κ2) is 6.39. The molecule has 0 bridgehead atoms. The lowest BCUT2D eigenvalue weighted by atomic mass is 9.79. The van der Waals surface area contributed by atoms with Gasteiger partial charge in [0.05, 0.1) is 11.1 Å². The van der Waals surface area contributed by atoms with Crippen molar-refractivity contribution in [2.45, 2.75) is 38.5 Å². The van der Waals surface area contributed by atoms with Gasteiger partial charge >= 0.3 is 17.9 Å². The molecule has 0 heterocycles. The summed E-state index contributed by atoms with van der Waals surface area (Å²) in [6.07, 6.45) is 1.07. The molecule has 0 saturated carbocycles. The summed E-state index contributed by atoms with van der Waals surface area (Å²) in [7, 11) is 0. The quantitative estimate of drug-likeness (QED) is 0.712. The fourth-order valence-electron chi connectivity index (χ4n) is 2.15. The highest BCUT2D eigenvalue weighted by atomic mass is 16.4. The van der Waals surface area contributed by atoms with Crippen LogP contribution in [0.4, 0.5) is 0 Å². The van der Waals surface area contributed by atoms with Crippen molar-refractivity contribution in [2.24, 2.45) is 0 Å². The molecule has 0 fully saturated rings. The third-order valence-electron chi connectivity index (χ3n) is 3.45. The Hall–Kier alpha value is -2.37. The molecule has 114 valence electrons. The highest BCUT2D eigenvalue weighted by molar-refractivity contribution is 6.01. The van der Waals surface area contributed by atoms with Gasteiger partial charge in [-0.05, 0) is 36.0 Å². The van der Waals surface area contributed by atoms with Crippen molar-refractivity contribution in [1.82, 2.24) is 0 Å². The molecule has 0 unspecified atom stereocenters. The van der Waals surface area contributed by atoms with Gasteiger partial charge in [0.25, 0.3) is 0 Å². The van der Waals surface area contributed by atoms with Crippen LogP contribution in [0.1, 0.15) is 59.4 Å². The van der Waals surface area contributed by atoms with Crippen molar-refractivity contribution in [3.63, 3.8) is 0 Å². The maximum absolute atomic E-state index is 11.2. The SMILES string of the molecule is CC(C)(CCCC(=O)O)c1ccc(C(=O)O)c(C(=O)O)c1. The molecule has 3 N–H and O–H groups in total. The second-order valence-corrected chi connectivity index (χ2v) is 5.50. The van der Waals surface area contributed by atoms with Gasteiger partial charge in [0.15, 0.2) is 0 Å². The zero-order valence-electron chi connectivity index (χ0n) is 11.9. The van der Waals surface area contributed by atoms with Gasteiger partial charge in [-0.2, -0.15) is 0 Å². The molecule has 0 spiro atoms. The molecule has 0 saturated heterocycles. The van der Waals surface area contributed by atoms with Crippen molar-refractivity contribution in [1.29, 1.82) is 0 Å². The number of hydrogen-bond donors (Lipinski definition) is 3. The van der Waals surface area contributed by atoms with Crippen LogP contribution in [0.2, 0.25) is 0 Å². The van der Waals surface area contributed by atoms with Crippen LogP contribution in [0.15, 0.2) is 18.2 Å². The number of carbonyl (C=O) groups is 3. The second-order valence-electron chi connectivity index (χ2n) is 5.50. The van der Waals surface area contributed by atoms with Crippen LogP contribution < -0.4 is 0 Å². The summed E-state index contributed by atoms with van der Waals surface area (Å²) in [5.74, 6) is -3.46. The molecular formula is C15H18O6. The maximum atomic E-state index is 11.2. The summed E-state index contributed by atoms with van der Waals surface area (Å²) in [6.45, 7) is 3.74. The van der Waals surface area contributed by atoms with Crippen LogP contribution in [0, 0.1) is 0 Å². The molecule has 0 aliphatic rings. The van der Waals surface area contributed by atoms with Gasteiger partial charge in [0.2, 0.25) is 0 Å². The Morgan fingerprint density at radius 2 is 1.57 bits per heavy atom. The summed E-state index contributed by atoms with van der Waals surface area (Å²) in [5, 5.41) is 26.7. The van der Waals surface area contributed by atoms with E-state index < -0.39 is 23.3 Å². The smallest absolute Gasteiger partial charge is 0.336 e. The van der Waals surface area contributed by atoms with E-state index in [-0.39, 0.29) is 17.5 Å². The summed E-state index contributed by atoms with van der Waals surface area (Å²) in [4.78, 5) is 32.7. The summed E-state index contributed by atoms with van der Waals surface area (Å²) < 4.78 is 0. The fraction of sp³-hybridized carbons (Fsp3) is 0.400. The lowest BCUT2D eigenvalue weighted by Gasteiger charge is -2.25. The van der Waals surface area contributed by atoms with E-state index in [4.69, 9.17) is 15.3 Å². The number of benzene rings is 1. The number of aliphatic carboxylic acids is 1. The van der Waals surface area contributed by atoms with Gasteiger partial charge in [-0.1, -0.05) is 19.9 Å². The zero-order chi connectivity index (χ0) is 16.2. The molecule has 1 aromatic carbocycles. The first kappa shape index (κ1) is 16.7. The summed E-state index contributed by atoms with van der Waals surface area (Å²) >= 11 is 0. The molecule has 1 aromatic rings. The van der Waals surface area contributed by atoms with Gasteiger partial charge in [-0.25, -0.2) is 9.59 Å². The van der Waals surface area contributed by atoms with Crippen molar-refractivity contribution >= 4 is 17.9 Å². The Balaban J connectivity index is 3.07. The van der Waals surface area contributed by atoms with Crippen LogP contribution in [-0.2, 0) is 10.2 Å². The average molecular weight is 294 g/mol. The largest absolute Gasteiger partial charge is 0.481 e. The van der Waals surface area contributed by atoms with Gasteiger partial charge in [-0.3, -0.25) is 4.79 Å². The van der Waals surface area contributed by atoms with Gasteiger partial charge in [0, 0.05) is 6.42 Å². The van der Waals surface area contributed by atoms with Crippen LogP contribution in [-0.4, -0.2) is 33.2 Å². The van der Waals surface area contributed by atoms with E-state index in [1.54, 1.807) is 6.07 Å². The molecule has 21 heavy (non-hydrogen) atoms. The lowest BCUT2D eigenvalue weighted by molar-refractivity contribution is -0.137. The molecule has 0 amide bonds. The number of carboxylic acids is 3. The predicted octanol–water partition coefficient (Wildman–Crippen LogP) is 2.62. The van der Waals surface area contributed by atoms with E-state index in [1.165, 1.54) is 12.1 Å². The van der Waals surface area contributed by atoms with E-state index in [2.05, 4.69) is 0 Å². The Morgan fingerprint density at radius 1 is 1.00 bits per heavy atom. The molecule has 1 rings (SSSR count). The molecular weight excluding hydrogens is 276 g/mol. The first-order valence-corrected chi connectivity index (χ1v) is 6.48. The molecule has 0 aliphatic carbocycles. The van der Waals surface area contributed by atoms with Gasteiger partial charge in [-0.15, -0.1) is 0 Å². The van der Waals surface area contributed by atoms with E-state index in [1.807, 2.05) is 13.8 Å². The third kappa shape index (κ3) is 4.30. The average Bonchev–Trinajstić information content (AvgIpc) is 2.37. The number of carboxylic acid groups (broad SMARTS) is 3. The van der Waals surface area contributed by atoms with E-state index in [0.717, 1.165) is 0 Å². The Kier molecular flexibility index (Phi) is 5.07. The van der Waals surface area contributed by atoms with E-state index >= 15 is 0 Å². The monoisotopic (exact) mass is 294 g/mol. The first-order chi connectivity index (χ1) is 9.65. The van der Waals surface area contributed by atoms with Crippen LogP contribution in [0.25, 0.3) is 0 Å².